The van der Waals surface area contributed by atoms with E-state index in [9.17, 15) is 15.3 Å². The Morgan fingerprint density at radius 3 is 2.38 bits per heavy atom. The van der Waals surface area contributed by atoms with Gasteiger partial charge < -0.3 is 29.5 Å². The van der Waals surface area contributed by atoms with Crippen molar-refractivity contribution in [3.8, 4) is 11.5 Å². The van der Waals surface area contributed by atoms with E-state index >= 15 is 0 Å². The van der Waals surface area contributed by atoms with E-state index in [4.69, 9.17) is 14.2 Å². The number of methoxy groups -OCH3 is 1. The highest BCUT2D eigenvalue weighted by atomic mass is 16.6. The summed E-state index contributed by atoms with van der Waals surface area (Å²) in [7, 11) is 1.63. The topological polar surface area (TPSA) is 88.4 Å². The van der Waals surface area contributed by atoms with Gasteiger partial charge in [-0.25, -0.2) is 0 Å². The standard InChI is InChI=1S/C23H28O6/c1-3-28-17-7-4-14(5-8-17)12-16-13-15(6-9-18(16)27-2)21-19(24)20(25)22(26)23(29-21)10-11-23/h4-9,13,19-22,24-26H,3,10-12H2,1-2H3. The molecule has 0 amide bonds. The summed E-state index contributed by atoms with van der Waals surface area (Å²) in [6.07, 6.45) is -2.16. The Bertz CT molecular complexity index is 845. The maximum absolute atomic E-state index is 10.5. The lowest BCUT2D eigenvalue weighted by molar-refractivity contribution is -0.236. The molecule has 29 heavy (non-hydrogen) atoms. The Labute approximate surface area is 170 Å². The van der Waals surface area contributed by atoms with Gasteiger partial charge in [-0.1, -0.05) is 18.2 Å². The maximum atomic E-state index is 10.5. The zero-order chi connectivity index (χ0) is 20.6. The van der Waals surface area contributed by atoms with Crippen LogP contribution in [0.4, 0.5) is 0 Å². The van der Waals surface area contributed by atoms with Crippen molar-refractivity contribution in [2.45, 2.75) is 56.2 Å². The molecule has 1 saturated heterocycles. The van der Waals surface area contributed by atoms with Crippen molar-refractivity contribution in [2.75, 3.05) is 13.7 Å². The molecule has 1 aliphatic heterocycles. The lowest BCUT2D eigenvalue weighted by atomic mass is 9.88. The Morgan fingerprint density at radius 2 is 1.76 bits per heavy atom. The van der Waals surface area contributed by atoms with E-state index in [0.29, 0.717) is 25.9 Å². The molecule has 0 aromatic heterocycles. The van der Waals surface area contributed by atoms with E-state index in [2.05, 4.69) is 0 Å². The van der Waals surface area contributed by atoms with Crippen molar-refractivity contribution >= 4 is 0 Å². The number of aliphatic hydroxyl groups is 3. The van der Waals surface area contributed by atoms with Crippen LogP contribution in [0.1, 0.15) is 42.6 Å². The van der Waals surface area contributed by atoms with Gasteiger partial charge in [-0.3, -0.25) is 0 Å². The van der Waals surface area contributed by atoms with Crippen molar-refractivity contribution in [3.05, 3.63) is 59.2 Å². The number of rotatable bonds is 6. The molecule has 4 atom stereocenters. The van der Waals surface area contributed by atoms with Crippen LogP contribution in [0.3, 0.4) is 0 Å². The highest BCUT2D eigenvalue weighted by Crippen LogP contribution is 2.52. The number of hydrogen-bond acceptors (Lipinski definition) is 6. The first-order chi connectivity index (χ1) is 14.0. The van der Waals surface area contributed by atoms with E-state index in [1.807, 2.05) is 49.4 Å². The van der Waals surface area contributed by atoms with Crippen molar-refractivity contribution in [1.82, 2.24) is 0 Å². The van der Waals surface area contributed by atoms with E-state index < -0.39 is 30.0 Å². The molecule has 0 bridgehead atoms. The second-order valence-electron chi connectivity index (χ2n) is 7.85. The second-order valence-corrected chi connectivity index (χ2v) is 7.85. The van der Waals surface area contributed by atoms with Gasteiger partial charge in [-0.15, -0.1) is 0 Å². The van der Waals surface area contributed by atoms with Gasteiger partial charge >= 0.3 is 0 Å². The first-order valence-electron chi connectivity index (χ1n) is 10.1. The van der Waals surface area contributed by atoms with Crippen molar-refractivity contribution in [2.24, 2.45) is 0 Å². The summed E-state index contributed by atoms with van der Waals surface area (Å²) < 4.78 is 17.1. The minimum Gasteiger partial charge on any atom is -0.496 e. The van der Waals surface area contributed by atoms with E-state index in [1.165, 1.54) is 0 Å². The van der Waals surface area contributed by atoms with Gasteiger partial charge in [-0.05, 0) is 60.7 Å². The monoisotopic (exact) mass is 400 g/mol. The summed E-state index contributed by atoms with van der Waals surface area (Å²) in [6, 6.07) is 13.6. The van der Waals surface area contributed by atoms with Crippen molar-refractivity contribution in [1.29, 1.82) is 0 Å². The molecule has 6 heteroatoms. The Balaban J connectivity index is 1.59. The van der Waals surface area contributed by atoms with E-state index in [-0.39, 0.29) is 0 Å². The molecule has 3 N–H and O–H groups in total. The lowest BCUT2D eigenvalue weighted by Crippen LogP contribution is -2.55. The van der Waals surface area contributed by atoms with Gasteiger partial charge in [0.05, 0.1) is 19.3 Å². The quantitative estimate of drug-likeness (QED) is 0.690. The first kappa shape index (κ1) is 20.2. The average Bonchev–Trinajstić information content (AvgIpc) is 3.51. The molecule has 1 spiro atoms. The number of hydrogen-bond donors (Lipinski definition) is 3. The Hall–Kier alpha value is -2.12. The lowest BCUT2D eigenvalue weighted by Gasteiger charge is -2.41. The Morgan fingerprint density at radius 1 is 1.03 bits per heavy atom. The predicted octanol–water partition coefficient (Wildman–Crippen LogP) is 2.37. The molecule has 2 aromatic carbocycles. The number of ether oxygens (including phenoxy) is 3. The zero-order valence-electron chi connectivity index (χ0n) is 16.7. The fourth-order valence-corrected chi connectivity index (χ4v) is 4.08. The van der Waals surface area contributed by atoms with Crippen LogP contribution < -0.4 is 9.47 Å². The summed E-state index contributed by atoms with van der Waals surface area (Å²) in [5.74, 6) is 1.58. The van der Waals surface area contributed by atoms with Gasteiger partial charge in [0.1, 0.15) is 35.9 Å². The van der Waals surface area contributed by atoms with Gasteiger partial charge in [0.15, 0.2) is 0 Å². The van der Waals surface area contributed by atoms with Gasteiger partial charge in [-0.2, -0.15) is 0 Å². The summed E-state index contributed by atoms with van der Waals surface area (Å²) in [5, 5.41) is 31.1. The summed E-state index contributed by atoms with van der Waals surface area (Å²) in [5.41, 5.74) is 2.08. The fraction of sp³-hybridized carbons (Fsp3) is 0.478. The van der Waals surface area contributed by atoms with E-state index in [1.54, 1.807) is 7.11 Å². The minimum absolute atomic E-state index is 0.626. The minimum atomic E-state index is -1.23. The Kier molecular flexibility index (Phi) is 5.53. The normalized spacial score (nSPS) is 27.6. The highest BCUT2D eigenvalue weighted by Gasteiger charge is 2.60. The van der Waals surface area contributed by atoms with Crippen molar-refractivity contribution in [3.63, 3.8) is 0 Å². The van der Waals surface area contributed by atoms with E-state index in [0.717, 1.165) is 28.2 Å². The molecule has 6 nitrogen and oxygen atoms in total. The first-order valence-corrected chi connectivity index (χ1v) is 10.1. The molecule has 156 valence electrons. The summed E-state index contributed by atoms with van der Waals surface area (Å²) in [6.45, 7) is 2.58. The predicted molar refractivity (Wildman–Crippen MR) is 107 cm³/mol. The third-order valence-corrected chi connectivity index (χ3v) is 5.89. The molecule has 1 heterocycles. The zero-order valence-corrected chi connectivity index (χ0v) is 16.7. The summed E-state index contributed by atoms with van der Waals surface area (Å²) >= 11 is 0. The number of aliphatic hydroxyl groups excluding tert-OH is 3. The molecule has 4 rings (SSSR count). The van der Waals surface area contributed by atoms with Gasteiger partial charge in [0.2, 0.25) is 0 Å². The third kappa shape index (κ3) is 3.85. The van der Waals surface area contributed by atoms with Crippen LogP contribution >= 0.6 is 0 Å². The molecule has 1 aliphatic carbocycles. The summed E-state index contributed by atoms with van der Waals surface area (Å²) in [4.78, 5) is 0. The van der Waals surface area contributed by atoms with Crippen LogP contribution in [0.2, 0.25) is 0 Å². The average molecular weight is 400 g/mol. The van der Waals surface area contributed by atoms with Gasteiger partial charge in [0.25, 0.3) is 0 Å². The van der Waals surface area contributed by atoms with Crippen LogP contribution in [-0.2, 0) is 11.2 Å². The van der Waals surface area contributed by atoms with Crippen LogP contribution in [0, 0.1) is 0 Å². The molecular formula is C23H28O6. The second kappa shape index (κ2) is 7.95. The number of benzene rings is 2. The maximum Gasteiger partial charge on any atom is 0.122 e. The molecule has 2 aromatic rings. The van der Waals surface area contributed by atoms with Crippen LogP contribution in [0.5, 0.6) is 11.5 Å². The highest BCUT2D eigenvalue weighted by molar-refractivity contribution is 5.42. The molecule has 1 saturated carbocycles. The molecule has 4 unspecified atom stereocenters. The molecular weight excluding hydrogens is 372 g/mol. The third-order valence-electron chi connectivity index (χ3n) is 5.89. The van der Waals surface area contributed by atoms with Crippen LogP contribution in [-0.4, -0.2) is 52.9 Å². The van der Waals surface area contributed by atoms with Crippen molar-refractivity contribution < 1.29 is 29.5 Å². The van der Waals surface area contributed by atoms with Crippen LogP contribution in [0.15, 0.2) is 42.5 Å². The molecule has 0 radical (unpaired) electrons. The van der Waals surface area contributed by atoms with Gasteiger partial charge in [0, 0.05) is 6.42 Å². The van der Waals surface area contributed by atoms with Crippen LogP contribution in [0.25, 0.3) is 0 Å². The fourth-order valence-electron chi connectivity index (χ4n) is 4.08. The molecule has 2 aliphatic rings. The smallest absolute Gasteiger partial charge is 0.122 e. The largest absolute Gasteiger partial charge is 0.496 e. The molecule has 2 fully saturated rings. The SMILES string of the molecule is CCOc1ccc(Cc2cc(C3OC4(CC4)C(O)C(O)C3O)ccc2OC)cc1.